The van der Waals surface area contributed by atoms with Gasteiger partial charge < -0.3 is 4.90 Å². The summed E-state index contributed by atoms with van der Waals surface area (Å²) in [5.74, 6) is -0.0147. The number of nitrogens with zero attached hydrogens (tertiary/aromatic N) is 1. The zero-order valence-corrected chi connectivity index (χ0v) is 11.1. The van der Waals surface area contributed by atoms with E-state index in [9.17, 15) is 8.78 Å². The summed E-state index contributed by atoms with van der Waals surface area (Å²) in [6, 6.07) is 12.4. The van der Waals surface area contributed by atoms with Gasteiger partial charge in [0.1, 0.15) is 11.6 Å². The number of halogens is 3. The van der Waals surface area contributed by atoms with Gasteiger partial charge in [0.15, 0.2) is 0 Å². The number of hydrogen-bond acceptors (Lipinski definition) is 1. The highest BCUT2D eigenvalue weighted by molar-refractivity contribution is 6.17. The first-order valence-electron chi connectivity index (χ1n) is 6.05. The summed E-state index contributed by atoms with van der Waals surface area (Å²) in [5, 5.41) is 0. The van der Waals surface area contributed by atoms with Crippen molar-refractivity contribution in [3.8, 4) is 0 Å². The fourth-order valence-electron chi connectivity index (χ4n) is 1.87. The number of benzene rings is 2. The van der Waals surface area contributed by atoms with E-state index < -0.39 is 0 Å². The van der Waals surface area contributed by atoms with Crippen LogP contribution in [0.5, 0.6) is 0 Å². The van der Waals surface area contributed by atoms with Crippen LogP contribution >= 0.6 is 11.6 Å². The molecule has 0 atom stereocenters. The molecule has 19 heavy (non-hydrogen) atoms. The molecule has 0 bridgehead atoms. The Balaban J connectivity index is 2.29. The molecule has 0 saturated carbocycles. The average molecular weight is 282 g/mol. The maximum absolute atomic E-state index is 13.0. The first-order valence-corrected chi connectivity index (χ1v) is 6.59. The zero-order valence-electron chi connectivity index (χ0n) is 10.3. The fraction of sp³-hybridized carbons (Fsp3) is 0.200. The molecule has 1 nitrogen and oxygen atoms in total. The van der Waals surface area contributed by atoms with E-state index in [1.165, 1.54) is 24.3 Å². The van der Waals surface area contributed by atoms with Crippen LogP contribution in [-0.2, 0) is 0 Å². The fourth-order valence-corrected chi connectivity index (χ4v) is 1.99. The number of alkyl halides is 1. The molecule has 0 radical (unpaired) electrons. The minimum Gasteiger partial charge on any atom is -0.341 e. The molecule has 0 aromatic heterocycles. The third kappa shape index (κ3) is 3.67. The molecular formula is C15H14ClF2N. The Bertz CT molecular complexity index is 465. The van der Waals surface area contributed by atoms with E-state index in [0.29, 0.717) is 12.4 Å². The smallest absolute Gasteiger partial charge is 0.123 e. The molecule has 0 heterocycles. The first-order chi connectivity index (χ1) is 9.20. The highest BCUT2D eigenvalue weighted by Gasteiger charge is 2.09. The van der Waals surface area contributed by atoms with Gasteiger partial charge in [0, 0.05) is 23.8 Å². The van der Waals surface area contributed by atoms with Crippen LogP contribution in [0, 0.1) is 11.6 Å². The van der Waals surface area contributed by atoms with E-state index in [1.54, 1.807) is 24.3 Å². The van der Waals surface area contributed by atoms with Gasteiger partial charge in [-0.25, -0.2) is 8.78 Å². The van der Waals surface area contributed by atoms with Gasteiger partial charge in [0.25, 0.3) is 0 Å². The van der Waals surface area contributed by atoms with Crippen LogP contribution in [0.15, 0.2) is 48.5 Å². The van der Waals surface area contributed by atoms with Gasteiger partial charge in [-0.3, -0.25) is 0 Å². The molecular weight excluding hydrogens is 268 g/mol. The molecule has 0 saturated heterocycles. The maximum Gasteiger partial charge on any atom is 0.123 e. The standard InChI is InChI=1S/C15H14ClF2N/c16-10-1-11-19(14-6-2-12(17)3-7-14)15-8-4-13(18)5-9-15/h2-9H,1,10-11H2. The van der Waals surface area contributed by atoms with E-state index in [2.05, 4.69) is 0 Å². The summed E-state index contributed by atoms with van der Waals surface area (Å²) >= 11 is 5.72. The van der Waals surface area contributed by atoms with E-state index in [1.807, 2.05) is 4.90 Å². The molecule has 2 aromatic carbocycles. The van der Waals surface area contributed by atoms with Crippen LogP contribution < -0.4 is 4.90 Å². The second-order valence-corrected chi connectivity index (χ2v) is 4.52. The monoisotopic (exact) mass is 281 g/mol. The molecule has 100 valence electrons. The molecule has 2 rings (SSSR count). The SMILES string of the molecule is Fc1ccc(N(CCCCl)c2ccc(F)cc2)cc1. The van der Waals surface area contributed by atoms with Crippen molar-refractivity contribution >= 4 is 23.0 Å². The Labute approximate surface area is 116 Å². The number of hydrogen-bond donors (Lipinski definition) is 0. The van der Waals surface area contributed by atoms with Crippen molar-refractivity contribution in [1.82, 2.24) is 0 Å². The van der Waals surface area contributed by atoms with Gasteiger partial charge in [0.05, 0.1) is 0 Å². The summed E-state index contributed by atoms with van der Waals surface area (Å²) in [6.45, 7) is 0.695. The van der Waals surface area contributed by atoms with Gasteiger partial charge in [-0.05, 0) is 55.0 Å². The van der Waals surface area contributed by atoms with E-state index in [4.69, 9.17) is 11.6 Å². The molecule has 0 fully saturated rings. The van der Waals surface area contributed by atoms with Gasteiger partial charge in [-0.2, -0.15) is 0 Å². The Morgan fingerprint density at radius 1 is 0.789 bits per heavy atom. The molecule has 0 unspecified atom stereocenters. The van der Waals surface area contributed by atoms with Crippen LogP contribution in [0.3, 0.4) is 0 Å². The summed E-state index contributed by atoms with van der Waals surface area (Å²) in [6.07, 6.45) is 0.788. The summed E-state index contributed by atoms with van der Waals surface area (Å²) in [4.78, 5) is 1.99. The van der Waals surface area contributed by atoms with Gasteiger partial charge in [-0.1, -0.05) is 0 Å². The molecule has 0 aliphatic rings. The Morgan fingerprint density at radius 2 is 1.21 bits per heavy atom. The lowest BCUT2D eigenvalue weighted by Gasteiger charge is -2.24. The van der Waals surface area contributed by atoms with Crippen LogP contribution in [-0.4, -0.2) is 12.4 Å². The van der Waals surface area contributed by atoms with Crippen molar-refractivity contribution in [3.63, 3.8) is 0 Å². The third-order valence-electron chi connectivity index (χ3n) is 2.79. The molecule has 4 heteroatoms. The lowest BCUT2D eigenvalue weighted by molar-refractivity contribution is 0.627. The highest BCUT2D eigenvalue weighted by atomic mass is 35.5. The zero-order chi connectivity index (χ0) is 13.7. The van der Waals surface area contributed by atoms with Crippen molar-refractivity contribution in [2.75, 3.05) is 17.3 Å². The van der Waals surface area contributed by atoms with Crippen molar-refractivity contribution in [2.45, 2.75) is 6.42 Å². The quantitative estimate of drug-likeness (QED) is 0.716. The Morgan fingerprint density at radius 3 is 1.58 bits per heavy atom. The number of rotatable bonds is 5. The summed E-state index contributed by atoms with van der Waals surface area (Å²) in [7, 11) is 0. The molecule has 0 aliphatic carbocycles. The predicted molar refractivity (Wildman–Crippen MR) is 75.1 cm³/mol. The molecule has 0 N–H and O–H groups in total. The second kappa shape index (κ2) is 6.53. The molecule has 2 aromatic rings. The largest absolute Gasteiger partial charge is 0.341 e. The lowest BCUT2D eigenvalue weighted by atomic mass is 10.2. The normalized spacial score (nSPS) is 10.5. The van der Waals surface area contributed by atoms with Gasteiger partial charge in [-0.15, -0.1) is 11.6 Å². The highest BCUT2D eigenvalue weighted by Crippen LogP contribution is 2.26. The summed E-state index contributed by atoms with van der Waals surface area (Å²) < 4.78 is 25.9. The Kier molecular flexibility index (Phi) is 4.74. The van der Waals surface area contributed by atoms with E-state index >= 15 is 0 Å². The predicted octanol–water partition coefficient (Wildman–Crippen LogP) is 4.73. The maximum atomic E-state index is 13.0. The molecule has 0 spiro atoms. The Hall–Kier alpha value is -1.61. The van der Waals surface area contributed by atoms with Gasteiger partial charge in [0.2, 0.25) is 0 Å². The third-order valence-corrected chi connectivity index (χ3v) is 3.06. The minimum absolute atomic E-state index is 0.278. The van der Waals surface area contributed by atoms with Crippen molar-refractivity contribution in [3.05, 3.63) is 60.2 Å². The summed E-state index contributed by atoms with van der Waals surface area (Å²) in [5.41, 5.74) is 1.72. The van der Waals surface area contributed by atoms with Crippen molar-refractivity contribution in [2.24, 2.45) is 0 Å². The van der Waals surface area contributed by atoms with Gasteiger partial charge >= 0.3 is 0 Å². The topological polar surface area (TPSA) is 3.24 Å². The van der Waals surface area contributed by atoms with Crippen molar-refractivity contribution in [1.29, 1.82) is 0 Å². The van der Waals surface area contributed by atoms with Crippen LogP contribution in [0.4, 0.5) is 20.2 Å². The van der Waals surface area contributed by atoms with Crippen LogP contribution in [0.2, 0.25) is 0 Å². The van der Waals surface area contributed by atoms with Crippen molar-refractivity contribution < 1.29 is 8.78 Å². The number of anilines is 2. The second-order valence-electron chi connectivity index (χ2n) is 4.15. The van der Waals surface area contributed by atoms with E-state index in [0.717, 1.165) is 17.8 Å². The minimum atomic E-state index is -0.278. The van der Waals surface area contributed by atoms with Crippen LogP contribution in [0.1, 0.15) is 6.42 Å². The van der Waals surface area contributed by atoms with Crippen LogP contribution in [0.25, 0.3) is 0 Å². The lowest BCUT2D eigenvalue weighted by Crippen LogP contribution is -2.18. The molecule has 0 amide bonds. The van der Waals surface area contributed by atoms with E-state index in [-0.39, 0.29) is 11.6 Å². The first kappa shape index (κ1) is 13.8. The average Bonchev–Trinajstić information content (AvgIpc) is 2.43. The molecule has 0 aliphatic heterocycles.